The van der Waals surface area contributed by atoms with Crippen LogP contribution in [0.15, 0.2) is 48.5 Å². The van der Waals surface area contributed by atoms with Crippen molar-refractivity contribution >= 4 is 22.4 Å². The number of hydrogen-bond donors (Lipinski definition) is 0. The van der Waals surface area contributed by atoms with E-state index in [1.54, 1.807) is 19.1 Å². The lowest BCUT2D eigenvalue weighted by Crippen LogP contribution is -2.35. The van der Waals surface area contributed by atoms with Gasteiger partial charge in [-0.25, -0.2) is 0 Å². The van der Waals surface area contributed by atoms with Crippen LogP contribution in [-0.2, 0) is 21.4 Å². The number of rotatable bonds is 8. The molecule has 0 aliphatic rings. The highest BCUT2D eigenvalue weighted by molar-refractivity contribution is 7.18. The van der Waals surface area contributed by atoms with Gasteiger partial charge in [0, 0.05) is 18.2 Å². The fraction of sp³-hybridized carbons (Fsp3) is 0.375. The van der Waals surface area contributed by atoms with Crippen LogP contribution in [0.4, 0.5) is 5.13 Å². The first kappa shape index (κ1) is 22.9. The Morgan fingerprint density at radius 3 is 2.39 bits per heavy atom. The number of methoxy groups -OCH3 is 2. The van der Waals surface area contributed by atoms with E-state index in [9.17, 15) is 4.79 Å². The first-order valence-corrected chi connectivity index (χ1v) is 11.0. The molecule has 0 spiro atoms. The summed E-state index contributed by atoms with van der Waals surface area (Å²) in [6.07, 6.45) is 0.211. The number of benzene rings is 2. The molecule has 0 radical (unpaired) electrons. The van der Waals surface area contributed by atoms with Gasteiger partial charge in [0.05, 0.1) is 26.7 Å². The predicted molar refractivity (Wildman–Crippen MR) is 125 cm³/mol. The van der Waals surface area contributed by atoms with Gasteiger partial charge in [0.1, 0.15) is 10.8 Å². The summed E-state index contributed by atoms with van der Waals surface area (Å²) in [4.78, 5) is 14.8. The van der Waals surface area contributed by atoms with Crippen molar-refractivity contribution < 1.29 is 14.3 Å². The fourth-order valence-electron chi connectivity index (χ4n) is 3.17. The van der Waals surface area contributed by atoms with E-state index in [2.05, 4.69) is 55.2 Å². The van der Waals surface area contributed by atoms with Crippen LogP contribution < -0.4 is 9.64 Å². The Bertz CT molecular complexity index is 1010. The number of anilines is 1. The summed E-state index contributed by atoms with van der Waals surface area (Å²) in [5.74, 6) is 0.617. The minimum atomic E-state index is -0.0765. The lowest BCUT2D eigenvalue weighted by molar-refractivity contribution is -0.118. The Hall–Kier alpha value is -2.77. The molecule has 0 N–H and O–H groups in total. The van der Waals surface area contributed by atoms with Crippen LogP contribution in [0.25, 0.3) is 10.6 Å². The van der Waals surface area contributed by atoms with E-state index in [0.717, 1.165) is 16.1 Å². The molecule has 6 nitrogen and oxygen atoms in total. The summed E-state index contributed by atoms with van der Waals surface area (Å²) in [5, 5.41) is 9.99. The highest BCUT2D eigenvalue weighted by Crippen LogP contribution is 2.31. The zero-order chi connectivity index (χ0) is 22.4. The van der Waals surface area contributed by atoms with Gasteiger partial charge in [0.25, 0.3) is 0 Å². The Labute approximate surface area is 187 Å². The molecule has 0 fully saturated rings. The second-order valence-electron chi connectivity index (χ2n) is 8.24. The number of amides is 1. The van der Waals surface area contributed by atoms with Gasteiger partial charge in [-0.15, -0.1) is 10.2 Å². The number of aromatic nitrogens is 2. The number of para-hydroxylation sites is 1. The van der Waals surface area contributed by atoms with Gasteiger partial charge < -0.3 is 9.47 Å². The van der Waals surface area contributed by atoms with Crippen LogP contribution in [0.5, 0.6) is 5.75 Å². The molecular formula is C24H29N3O3S. The maximum absolute atomic E-state index is 13.1. The lowest BCUT2D eigenvalue weighted by Gasteiger charge is -2.19. The topological polar surface area (TPSA) is 64.5 Å². The van der Waals surface area contributed by atoms with Crippen molar-refractivity contribution in [2.75, 3.05) is 32.3 Å². The number of carbonyl (C=O) groups excluding carboxylic acids is 1. The third-order valence-corrected chi connectivity index (χ3v) is 5.99. The van der Waals surface area contributed by atoms with E-state index < -0.39 is 0 Å². The predicted octanol–water partition coefficient (Wildman–Crippen LogP) is 4.73. The van der Waals surface area contributed by atoms with Gasteiger partial charge in [-0.1, -0.05) is 74.6 Å². The van der Waals surface area contributed by atoms with Crippen LogP contribution >= 0.6 is 11.3 Å². The van der Waals surface area contributed by atoms with Gasteiger partial charge in [-0.3, -0.25) is 9.69 Å². The third-order valence-electron chi connectivity index (χ3n) is 5.00. The number of ether oxygens (including phenoxy) is 2. The van der Waals surface area contributed by atoms with Gasteiger partial charge in [-0.05, 0) is 17.0 Å². The quantitative estimate of drug-likeness (QED) is 0.508. The minimum Gasteiger partial charge on any atom is -0.496 e. The van der Waals surface area contributed by atoms with Crippen molar-refractivity contribution in [3.8, 4) is 16.3 Å². The summed E-state index contributed by atoms with van der Waals surface area (Å²) < 4.78 is 10.6. The van der Waals surface area contributed by atoms with E-state index in [1.165, 1.54) is 16.9 Å². The first-order chi connectivity index (χ1) is 14.8. The molecule has 7 heteroatoms. The molecule has 3 rings (SSSR count). The molecule has 0 aliphatic heterocycles. The molecule has 1 amide bonds. The standard InChI is InChI=1S/C24H29N3O3S/c1-24(2,3)19-12-10-17(11-13-19)22-25-26-23(31-22)27(14-15-29-4)21(28)16-18-8-6-7-9-20(18)30-5/h6-13H,14-16H2,1-5H3. The molecule has 31 heavy (non-hydrogen) atoms. The molecule has 2 aromatic carbocycles. The fourth-order valence-corrected chi connectivity index (χ4v) is 4.06. The summed E-state index contributed by atoms with van der Waals surface area (Å²) in [5.41, 5.74) is 3.17. The normalized spacial score (nSPS) is 11.4. The molecule has 1 heterocycles. The monoisotopic (exact) mass is 439 g/mol. The van der Waals surface area contributed by atoms with Gasteiger partial charge in [0.2, 0.25) is 11.0 Å². The highest BCUT2D eigenvalue weighted by Gasteiger charge is 2.22. The molecule has 0 saturated carbocycles. The zero-order valence-corrected chi connectivity index (χ0v) is 19.5. The number of carbonyl (C=O) groups is 1. The first-order valence-electron chi connectivity index (χ1n) is 10.2. The SMILES string of the molecule is COCCN(C(=O)Cc1ccccc1OC)c1nnc(-c2ccc(C(C)(C)C)cc2)s1. The van der Waals surface area contributed by atoms with Crippen molar-refractivity contribution in [2.24, 2.45) is 0 Å². The molecule has 0 bridgehead atoms. The van der Waals surface area contributed by atoms with Crippen molar-refractivity contribution in [3.63, 3.8) is 0 Å². The van der Waals surface area contributed by atoms with Crippen molar-refractivity contribution in [2.45, 2.75) is 32.6 Å². The summed E-state index contributed by atoms with van der Waals surface area (Å²) in [6, 6.07) is 15.9. The molecule has 0 aliphatic carbocycles. The molecule has 3 aromatic rings. The molecular weight excluding hydrogens is 410 g/mol. The third kappa shape index (κ3) is 5.68. The van der Waals surface area contributed by atoms with E-state index in [1.807, 2.05) is 24.3 Å². The van der Waals surface area contributed by atoms with Crippen LogP contribution in [0.3, 0.4) is 0 Å². The number of nitrogens with zero attached hydrogens (tertiary/aromatic N) is 3. The van der Waals surface area contributed by atoms with Crippen molar-refractivity contribution in [3.05, 3.63) is 59.7 Å². The van der Waals surface area contributed by atoms with Gasteiger partial charge in [0.15, 0.2) is 0 Å². The van der Waals surface area contributed by atoms with Crippen LogP contribution in [0.1, 0.15) is 31.9 Å². The molecule has 0 saturated heterocycles. The Kier molecular flexibility index (Phi) is 7.41. The molecule has 0 unspecified atom stereocenters. The van der Waals surface area contributed by atoms with E-state index >= 15 is 0 Å². The zero-order valence-electron chi connectivity index (χ0n) is 18.7. The Morgan fingerprint density at radius 2 is 1.74 bits per heavy atom. The average molecular weight is 440 g/mol. The van der Waals surface area contributed by atoms with Gasteiger partial charge in [-0.2, -0.15) is 0 Å². The minimum absolute atomic E-state index is 0.0765. The van der Waals surface area contributed by atoms with Crippen LogP contribution in [0, 0.1) is 0 Å². The average Bonchev–Trinajstić information content (AvgIpc) is 3.24. The van der Waals surface area contributed by atoms with Crippen LogP contribution in [0.2, 0.25) is 0 Å². The highest BCUT2D eigenvalue weighted by atomic mass is 32.1. The second-order valence-corrected chi connectivity index (χ2v) is 9.20. The Morgan fingerprint density at radius 1 is 1.03 bits per heavy atom. The van der Waals surface area contributed by atoms with Crippen LogP contribution in [-0.4, -0.2) is 43.5 Å². The van der Waals surface area contributed by atoms with E-state index in [4.69, 9.17) is 9.47 Å². The summed E-state index contributed by atoms with van der Waals surface area (Å²) >= 11 is 1.40. The van der Waals surface area contributed by atoms with Crippen molar-refractivity contribution in [1.82, 2.24) is 10.2 Å². The largest absolute Gasteiger partial charge is 0.496 e. The van der Waals surface area contributed by atoms with Gasteiger partial charge >= 0.3 is 0 Å². The van der Waals surface area contributed by atoms with Crippen molar-refractivity contribution in [1.29, 1.82) is 0 Å². The second kappa shape index (κ2) is 10.0. The smallest absolute Gasteiger partial charge is 0.233 e. The molecule has 0 atom stereocenters. The lowest BCUT2D eigenvalue weighted by atomic mass is 9.87. The van der Waals surface area contributed by atoms with E-state index in [-0.39, 0.29) is 17.7 Å². The number of hydrogen-bond acceptors (Lipinski definition) is 6. The summed E-state index contributed by atoms with van der Waals surface area (Å²) in [6.45, 7) is 7.37. The van der Waals surface area contributed by atoms with E-state index in [0.29, 0.717) is 24.0 Å². The maximum Gasteiger partial charge on any atom is 0.233 e. The maximum atomic E-state index is 13.1. The Balaban J connectivity index is 1.83. The molecule has 1 aromatic heterocycles. The molecule has 164 valence electrons. The summed E-state index contributed by atoms with van der Waals surface area (Å²) in [7, 11) is 3.22.